The van der Waals surface area contributed by atoms with Crippen LogP contribution in [0.4, 0.5) is 5.13 Å². The van der Waals surface area contributed by atoms with E-state index in [9.17, 15) is 29.5 Å². The summed E-state index contributed by atoms with van der Waals surface area (Å²) in [5.41, 5.74) is 5.34. The first-order valence-corrected chi connectivity index (χ1v) is 11.8. The maximum atomic E-state index is 12.8. The molecule has 0 radical (unpaired) electrons. The van der Waals surface area contributed by atoms with Gasteiger partial charge in [-0.25, -0.2) is 14.6 Å². The molecule has 2 aliphatic rings. The Balaban J connectivity index is 1.57. The lowest BCUT2D eigenvalue weighted by atomic mass is 10.0. The highest BCUT2D eigenvalue weighted by molar-refractivity contribution is 8.00. The van der Waals surface area contributed by atoms with E-state index in [1.807, 2.05) is 0 Å². The van der Waals surface area contributed by atoms with E-state index < -0.39 is 40.9 Å². The number of esters is 1. The lowest BCUT2D eigenvalue weighted by Crippen LogP contribution is -2.71. The van der Waals surface area contributed by atoms with Crippen molar-refractivity contribution in [1.29, 1.82) is 0 Å². The summed E-state index contributed by atoms with van der Waals surface area (Å²) in [6.07, 6.45) is 0. The van der Waals surface area contributed by atoms with Crippen molar-refractivity contribution in [3.8, 4) is 0 Å². The number of ether oxygens (including phenoxy) is 1. The number of carboxylic acids is 1. The van der Waals surface area contributed by atoms with Crippen molar-refractivity contribution in [1.82, 2.24) is 15.2 Å². The number of anilines is 1. The number of thiazole rings is 1. The number of nitrogen functional groups attached to an aromatic ring is 1. The van der Waals surface area contributed by atoms with E-state index in [0.717, 1.165) is 27.6 Å². The van der Waals surface area contributed by atoms with Gasteiger partial charge in [-0.15, -0.1) is 34.4 Å². The number of carbonyl (C=O) groups excluding carboxylic acids is 3. The van der Waals surface area contributed by atoms with Crippen LogP contribution in [-0.4, -0.2) is 73.9 Å². The molecule has 2 aromatic rings. The molecule has 1 fully saturated rings. The molecule has 0 bridgehead atoms. The average Bonchev–Trinajstić information content (AvgIpc) is 3.45. The van der Waals surface area contributed by atoms with Gasteiger partial charge in [-0.05, 0) is 12.1 Å². The van der Waals surface area contributed by atoms with Gasteiger partial charge in [0.15, 0.2) is 10.8 Å². The fourth-order valence-electron chi connectivity index (χ4n) is 3.34. The molecule has 2 atom stereocenters. The van der Waals surface area contributed by atoms with Crippen LogP contribution >= 0.6 is 34.4 Å². The molecule has 2 aliphatic heterocycles. The van der Waals surface area contributed by atoms with Crippen molar-refractivity contribution in [3.05, 3.63) is 38.7 Å². The Morgan fingerprint density at radius 3 is 2.73 bits per heavy atom. The Morgan fingerprint density at radius 2 is 2.12 bits per heavy atom. The van der Waals surface area contributed by atoms with Crippen molar-refractivity contribution in [3.63, 3.8) is 0 Å². The minimum Gasteiger partial charge on any atom is -0.477 e. The number of hydrogen-bond donors (Lipinski definition) is 4. The van der Waals surface area contributed by atoms with Gasteiger partial charge in [0.2, 0.25) is 0 Å². The number of nitrogens with one attached hydrogen (secondary N) is 1. The van der Waals surface area contributed by atoms with Gasteiger partial charge < -0.3 is 26.1 Å². The summed E-state index contributed by atoms with van der Waals surface area (Å²) in [5.74, 6) is -3.11. The number of methoxy groups -OCH3 is 1. The summed E-state index contributed by atoms with van der Waals surface area (Å²) in [6.45, 7) is 0. The van der Waals surface area contributed by atoms with Crippen molar-refractivity contribution in [2.45, 2.75) is 11.4 Å². The fraction of sp³-hybridized carbons (Fsp3) is 0.222. The van der Waals surface area contributed by atoms with Crippen LogP contribution in [0.3, 0.4) is 0 Å². The normalized spacial score (nSPS) is 20.2. The molecular formula is C18H15N5O7S3. The number of rotatable bonds is 6. The second-order valence-electron chi connectivity index (χ2n) is 6.67. The smallest absolute Gasteiger partial charge is 0.353 e. The number of amides is 2. The molecule has 4 rings (SSSR count). The van der Waals surface area contributed by atoms with E-state index in [-0.39, 0.29) is 22.3 Å². The topological polar surface area (TPSA) is 185 Å². The molecule has 33 heavy (non-hydrogen) atoms. The largest absolute Gasteiger partial charge is 0.477 e. The number of oxime groups is 1. The molecule has 0 spiro atoms. The summed E-state index contributed by atoms with van der Waals surface area (Å²) in [6, 6.07) is 2.10. The van der Waals surface area contributed by atoms with Gasteiger partial charge in [-0.2, -0.15) is 0 Å². The van der Waals surface area contributed by atoms with Crippen LogP contribution < -0.4 is 11.1 Å². The van der Waals surface area contributed by atoms with E-state index in [4.69, 9.17) is 5.73 Å². The number of β-lactam (4-membered cyclic amide) rings is 1. The maximum absolute atomic E-state index is 12.8. The first-order valence-electron chi connectivity index (χ1n) is 9.10. The molecule has 1 saturated heterocycles. The van der Waals surface area contributed by atoms with Crippen LogP contribution in [0.1, 0.15) is 20.2 Å². The summed E-state index contributed by atoms with van der Waals surface area (Å²) >= 11 is 3.37. The van der Waals surface area contributed by atoms with E-state index in [1.165, 1.54) is 30.3 Å². The molecule has 0 aromatic carbocycles. The Hall–Kier alpha value is -3.43. The zero-order valence-corrected chi connectivity index (χ0v) is 19.1. The number of aromatic nitrogens is 1. The number of nitrogens with zero attached hydrogens (tertiary/aromatic N) is 3. The van der Waals surface area contributed by atoms with Gasteiger partial charge in [0, 0.05) is 21.6 Å². The van der Waals surface area contributed by atoms with Gasteiger partial charge >= 0.3 is 11.9 Å². The molecule has 0 unspecified atom stereocenters. The minimum atomic E-state index is -1.31. The van der Waals surface area contributed by atoms with Gasteiger partial charge in [-0.1, -0.05) is 5.16 Å². The molecular weight excluding hydrogens is 494 g/mol. The molecule has 2 amide bonds. The second kappa shape index (κ2) is 8.84. The monoisotopic (exact) mass is 509 g/mol. The van der Waals surface area contributed by atoms with Crippen LogP contribution in [0.2, 0.25) is 0 Å². The first kappa shape index (κ1) is 22.8. The molecule has 15 heteroatoms. The van der Waals surface area contributed by atoms with Gasteiger partial charge in [0.1, 0.15) is 27.7 Å². The van der Waals surface area contributed by atoms with Gasteiger partial charge in [0.25, 0.3) is 11.8 Å². The SMILES string of the molecule is COC(=O)c1ccc(C2=C(C(=O)O)N3C(=O)[C@@H](NC(=O)/C(=N/O)c4csc(N)n4)[C@H]3SC2)s1. The first-order chi connectivity index (χ1) is 15.8. The average molecular weight is 510 g/mol. The van der Waals surface area contributed by atoms with Crippen LogP contribution in [-0.2, 0) is 19.1 Å². The van der Waals surface area contributed by atoms with Crippen LogP contribution in [0, 0.1) is 0 Å². The Kier molecular flexibility index (Phi) is 6.09. The third kappa shape index (κ3) is 3.94. The zero-order chi connectivity index (χ0) is 23.9. The van der Waals surface area contributed by atoms with Crippen LogP contribution in [0.25, 0.3) is 5.57 Å². The Labute approximate surface area is 197 Å². The number of carbonyl (C=O) groups is 4. The summed E-state index contributed by atoms with van der Waals surface area (Å²) in [4.78, 5) is 55.0. The van der Waals surface area contributed by atoms with E-state index in [0.29, 0.717) is 15.3 Å². The van der Waals surface area contributed by atoms with Crippen molar-refractivity contribution in [2.24, 2.45) is 5.16 Å². The quantitative estimate of drug-likeness (QED) is 0.142. The standard InChI is InChI=1S/C18H15N5O7S3/c1-30-17(28)9-3-2-8(33-9)6-4-31-15-11(14(25)23(15)12(6)16(26)27)21-13(24)10(22-29)7-5-32-18(19)20-7/h2-3,5,11,15,29H,4H2,1H3,(H2,19,20)(H,21,24)(H,26,27)/b22-10+/t11-,15-/m1/s1. The van der Waals surface area contributed by atoms with E-state index in [2.05, 4.69) is 20.2 Å². The van der Waals surface area contributed by atoms with Gasteiger partial charge in [-0.3, -0.25) is 14.5 Å². The maximum Gasteiger partial charge on any atom is 0.353 e. The third-order valence-electron chi connectivity index (χ3n) is 4.83. The molecule has 0 aliphatic carbocycles. The Bertz CT molecular complexity index is 1230. The Morgan fingerprint density at radius 1 is 1.36 bits per heavy atom. The zero-order valence-electron chi connectivity index (χ0n) is 16.7. The number of fused-ring (bicyclic) bond motifs is 1. The van der Waals surface area contributed by atoms with Crippen molar-refractivity contribution in [2.75, 3.05) is 18.6 Å². The van der Waals surface area contributed by atoms with Crippen LogP contribution in [0.5, 0.6) is 0 Å². The number of thioether (sulfide) groups is 1. The highest BCUT2D eigenvalue weighted by Crippen LogP contribution is 2.44. The number of nitrogens with two attached hydrogens (primary N) is 1. The number of hydrogen-bond acceptors (Lipinski definition) is 12. The molecule has 2 aromatic heterocycles. The lowest BCUT2D eigenvalue weighted by molar-refractivity contribution is -0.149. The summed E-state index contributed by atoms with van der Waals surface area (Å²) in [7, 11) is 1.24. The van der Waals surface area contributed by atoms with Crippen molar-refractivity contribution >= 4 is 74.6 Å². The van der Waals surface area contributed by atoms with Crippen LogP contribution in [0.15, 0.2) is 28.4 Å². The predicted octanol–water partition coefficient (Wildman–Crippen LogP) is 0.648. The molecule has 5 N–H and O–H groups in total. The van der Waals surface area contributed by atoms with E-state index in [1.54, 1.807) is 6.07 Å². The van der Waals surface area contributed by atoms with Gasteiger partial charge in [0.05, 0.1) is 7.11 Å². The van der Waals surface area contributed by atoms with Crippen molar-refractivity contribution < 1.29 is 34.2 Å². The van der Waals surface area contributed by atoms with E-state index >= 15 is 0 Å². The predicted molar refractivity (Wildman–Crippen MR) is 120 cm³/mol. The highest BCUT2D eigenvalue weighted by Gasteiger charge is 2.54. The lowest BCUT2D eigenvalue weighted by Gasteiger charge is -2.49. The fourth-order valence-corrected chi connectivity index (χ4v) is 6.31. The highest BCUT2D eigenvalue weighted by atomic mass is 32.2. The molecule has 172 valence electrons. The minimum absolute atomic E-state index is 0.0462. The molecule has 0 saturated carbocycles. The molecule has 12 nitrogen and oxygen atoms in total. The third-order valence-corrected chi connectivity index (χ3v) is 7.91. The summed E-state index contributed by atoms with van der Waals surface area (Å²) in [5, 5.41) is 25.4. The second-order valence-corrected chi connectivity index (χ2v) is 9.75. The number of carboxylic acid groups (broad SMARTS) is 1. The number of aliphatic carboxylic acids is 1. The summed E-state index contributed by atoms with van der Waals surface area (Å²) < 4.78 is 4.68. The molecule has 4 heterocycles. The number of thiophene rings is 1.